The van der Waals surface area contributed by atoms with Crippen molar-refractivity contribution in [2.24, 2.45) is 5.10 Å². The summed E-state index contributed by atoms with van der Waals surface area (Å²) in [7, 11) is -3.69. The molecular weight excluding hydrogens is 370 g/mol. The molecule has 0 atom stereocenters. The number of nitrogens with zero attached hydrogens (tertiary/aromatic N) is 2. The standard InChI is InChI=1S/C18H23N3O3S2/c1-2-24-15-6-9-17(10-7-15)26(22,23)20-19-14-16-8-11-18(25-16)21-12-4-3-5-13-21/h6-11,14,20H,2-5,12-13H2,1H3/b19-14+. The van der Waals surface area contributed by atoms with Crippen molar-refractivity contribution in [3.63, 3.8) is 0 Å². The Morgan fingerprint density at radius 2 is 1.88 bits per heavy atom. The Kier molecular flexibility index (Phi) is 6.16. The maximum Gasteiger partial charge on any atom is 0.276 e. The number of anilines is 1. The zero-order valence-electron chi connectivity index (χ0n) is 14.7. The average Bonchev–Trinajstić information content (AvgIpc) is 3.12. The number of ether oxygens (including phenoxy) is 1. The van der Waals surface area contributed by atoms with Crippen LogP contribution in [0.4, 0.5) is 5.00 Å². The van der Waals surface area contributed by atoms with Gasteiger partial charge >= 0.3 is 0 Å². The minimum atomic E-state index is -3.69. The van der Waals surface area contributed by atoms with E-state index < -0.39 is 10.0 Å². The average molecular weight is 394 g/mol. The van der Waals surface area contributed by atoms with Gasteiger partial charge in [0.1, 0.15) is 5.75 Å². The van der Waals surface area contributed by atoms with Crippen molar-refractivity contribution >= 4 is 32.6 Å². The Morgan fingerprint density at radius 3 is 2.58 bits per heavy atom. The second-order valence-electron chi connectivity index (χ2n) is 5.98. The molecule has 2 aromatic rings. The number of sulfonamides is 1. The van der Waals surface area contributed by atoms with Crippen molar-refractivity contribution < 1.29 is 13.2 Å². The summed E-state index contributed by atoms with van der Waals surface area (Å²) in [5.74, 6) is 0.638. The molecule has 0 unspecified atom stereocenters. The second-order valence-corrected chi connectivity index (χ2v) is 8.74. The molecule has 0 bridgehead atoms. The van der Waals surface area contributed by atoms with Crippen LogP contribution in [0.3, 0.4) is 0 Å². The van der Waals surface area contributed by atoms with E-state index in [2.05, 4.69) is 20.9 Å². The molecule has 0 radical (unpaired) electrons. The molecular formula is C18H23N3O3S2. The molecule has 1 saturated heterocycles. The minimum absolute atomic E-state index is 0.151. The summed E-state index contributed by atoms with van der Waals surface area (Å²) in [6, 6.07) is 10.3. The van der Waals surface area contributed by atoms with Gasteiger partial charge in [-0.05, 0) is 62.6 Å². The van der Waals surface area contributed by atoms with Gasteiger partial charge in [-0.3, -0.25) is 0 Å². The molecule has 1 aromatic heterocycles. The van der Waals surface area contributed by atoms with E-state index >= 15 is 0 Å². The largest absolute Gasteiger partial charge is 0.494 e. The molecule has 6 nitrogen and oxygen atoms in total. The third-order valence-electron chi connectivity index (χ3n) is 4.09. The van der Waals surface area contributed by atoms with E-state index in [9.17, 15) is 8.42 Å². The Balaban J connectivity index is 1.61. The zero-order valence-corrected chi connectivity index (χ0v) is 16.4. The fraction of sp³-hybridized carbons (Fsp3) is 0.389. The van der Waals surface area contributed by atoms with Gasteiger partial charge in [0.25, 0.3) is 10.0 Å². The van der Waals surface area contributed by atoms with Crippen LogP contribution in [0.1, 0.15) is 31.1 Å². The molecule has 1 aliphatic rings. The van der Waals surface area contributed by atoms with Crippen molar-refractivity contribution in [3.8, 4) is 5.75 Å². The lowest BCUT2D eigenvalue weighted by molar-refractivity contribution is 0.340. The quantitative estimate of drug-likeness (QED) is 0.578. The third kappa shape index (κ3) is 4.76. The monoisotopic (exact) mass is 393 g/mol. The highest BCUT2D eigenvalue weighted by Crippen LogP contribution is 2.27. The normalized spacial score (nSPS) is 15.3. The van der Waals surface area contributed by atoms with Gasteiger partial charge in [0.2, 0.25) is 0 Å². The molecule has 0 spiro atoms. The van der Waals surface area contributed by atoms with Gasteiger partial charge in [0.15, 0.2) is 0 Å². The molecule has 0 aliphatic carbocycles. The van der Waals surface area contributed by atoms with Crippen LogP contribution in [-0.4, -0.2) is 34.3 Å². The van der Waals surface area contributed by atoms with E-state index in [-0.39, 0.29) is 4.90 Å². The number of piperidine rings is 1. The summed E-state index contributed by atoms with van der Waals surface area (Å²) in [6.45, 7) is 4.58. The van der Waals surface area contributed by atoms with Crippen LogP contribution in [-0.2, 0) is 10.0 Å². The molecule has 1 aromatic carbocycles. The summed E-state index contributed by atoms with van der Waals surface area (Å²) in [5, 5.41) is 5.11. The fourth-order valence-electron chi connectivity index (χ4n) is 2.79. The Labute approximate surface area is 158 Å². The molecule has 2 heterocycles. The van der Waals surface area contributed by atoms with Gasteiger partial charge in [-0.2, -0.15) is 13.5 Å². The first-order valence-corrected chi connectivity index (χ1v) is 11.0. The number of rotatable bonds is 7. The summed E-state index contributed by atoms with van der Waals surface area (Å²) < 4.78 is 29.9. The molecule has 8 heteroatoms. The highest BCUT2D eigenvalue weighted by atomic mass is 32.2. The molecule has 1 aliphatic heterocycles. The lowest BCUT2D eigenvalue weighted by Gasteiger charge is -2.27. The molecule has 140 valence electrons. The number of benzene rings is 1. The Hall–Kier alpha value is -2.06. The van der Waals surface area contributed by atoms with Gasteiger partial charge in [-0.25, -0.2) is 4.83 Å². The van der Waals surface area contributed by atoms with Crippen LogP contribution >= 0.6 is 11.3 Å². The van der Waals surface area contributed by atoms with Crippen LogP contribution in [0.15, 0.2) is 46.4 Å². The third-order valence-corrected chi connectivity index (χ3v) is 6.41. The van der Waals surface area contributed by atoms with Gasteiger partial charge in [-0.15, -0.1) is 11.3 Å². The summed E-state index contributed by atoms with van der Waals surface area (Å²) in [6.07, 6.45) is 5.29. The Bertz CT molecular complexity index is 839. The van der Waals surface area contributed by atoms with Crippen LogP contribution in [0.5, 0.6) is 5.75 Å². The summed E-state index contributed by atoms with van der Waals surface area (Å²) in [4.78, 5) is 5.70. The van der Waals surface area contributed by atoms with Gasteiger partial charge < -0.3 is 9.64 Å². The smallest absolute Gasteiger partial charge is 0.276 e. The van der Waals surface area contributed by atoms with Crippen LogP contribution in [0.25, 0.3) is 0 Å². The lowest BCUT2D eigenvalue weighted by atomic mass is 10.1. The highest BCUT2D eigenvalue weighted by molar-refractivity contribution is 7.89. The predicted octanol–water partition coefficient (Wildman–Crippen LogP) is 3.45. The van der Waals surface area contributed by atoms with Crippen LogP contribution < -0.4 is 14.5 Å². The first-order valence-electron chi connectivity index (χ1n) is 8.71. The number of hydrogen-bond acceptors (Lipinski definition) is 6. The molecule has 0 amide bonds. The number of thiophene rings is 1. The first-order chi connectivity index (χ1) is 12.6. The van der Waals surface area contributed by atoms with E-state index in [1.54, 1.807) is 29.7 Å². The molecule has 3 rings (SSSR count). The van der Waals surface area contributed by atoms with Crippen molar-refractivity contribution in [3.05, 3.63) is 41.3 Å². The van der Waals surface area contributed by atoms with Crippen LogP contribution in [0, 0.1) is 0 Å². The lowest BCUT2D eigenvalue weighted by Crippen LogP contribution is -2.28. The van der Waals surface area contributed by atoms with E-state index in [1.807, 2.05) is 13.0 Å². The van der Waals surface area contributed by atoms with Gasteiger partial charge in [0, 0.05) is 18.0 Å². The first kappa shape index (κ1) is 18.7. The van der Waals surface area contributed by atoms with Gasteiger partial charge in [0.05, 0.1) is 22.7 Å². The zero-order chi connectivity index (χ0) is 18.4. The van der Waals surface area contributed by atoms with E-state index in [4.69, 9.17) is 4.74 Å². The number of nitrogens with one attached hydrogen (secondary N) is 1. The molecule has 26 heavy (non-hydrogen) atoms. The Morgan fingerprint density at radius 1 is 1.15 bits per heavy atom. The van der Waals surface area contributed by atoms with Crippen molar-refractivity contribution in [2.45, 2.75) is 31.1 Å². The molecule has 0 saturated carbocycles. The SMILES string of the molecule is CCOc1ccc(S(=O)(=O)N/N=C/c2ccc(N3CCCCC3)s2)cc1. The summed E-state index contributed by atoms with van der Waals surface area (Å²) >= 11 is 1.62. The maximum atomic E-state index is 12.3. The van der Waals surface area contributed by atoms with Crippen molar-refractivity contribution in [1.29, 1.82) is 0 Å². The second kappa shape index (κ2) is 8.55. The van der Waals surface area contributed by atoms with E-state index in [0.29, 0.717) is 12.4 Å². The van der Waals surface area contributed by atoms with E-state index in [0.717, 1.165) is 18.0 Å². The number of hydrogen-bond donors (Lipinski definition) is 1. The van der Waals surface area contributed by atoms with E-state index in [1.165, 1.54) is 36.4 Å². The molecule has 1 N–H and O–H groups in total. The fourth-order valence-corrected chi connectivity index (χ4v) is 4.51. The molecule has 1 fully saturated rings. The topological polar surface area (TPSA) is 71.0 Å². The highest BCUT2D eigenvalue weighted by Gasteiger charge is 2.14. The summed E-state index contributed by atoms with van der Waals surface area (Å²) in [5.41, 5.74) is 0. The van der Waals surface area contributed by atoms with Gasteiger partial charge in [-0.1, -0.05) is 0 Å². The minimum Gasteiger partial charge on any atom is -0.494 e. The predicted molar refractivity (Wildman–Crippen MR) is 106 cm³/mol. The van der Waals surface area contributed by atoms with Crippen LogP contribution in [0.2, 0.25) is 0 Å². The number of hydrazone groups is 1. The van der Waals surface area contributed by atoms with Crippen molar-refractivity contribution in [2.75, 3.05) is 24.6 Å². The maximum absolute atomic E-state index is 12.3. The van der Waals surface area contributed by atoms with Crippen molar-refractivity contribution in [1.82, 2.24) is 4.83 Å².